The van der Waals surface area contributed by atoms with Crippen LogP contribution in [0.15, 0.2) is 0 Å². The monoisotopic (exact) mass is 570 g/mol. The van der Waals surface area contributed by atoms with E-state index >= 15 is 0 Å². The van der Waals surface area contributed by atoms with E-state index in [-0.39, 0.29) is 5.91 Å². The highest BCUT2D eigenvalue weighted by Gasteiger charge is 2.41. The van der Waals surface area contributed by atoms with Gasteiger partial charge in [-0.3, -0.25) is 4.79 Å². The molecule has 6 nitrogen and oxygen atoms in total. The van der Waals surface area contributed by atoms with Gasteiger partial charge in [0, 0.05) is 6.42 Å². The van der Waals surface area contributed by atoms with Gasteiger partial charge in [-0.2, -0.15) is 0 Å². The van der Waals surface area contributed by atoms with Crippen molar-refractivity contribution in [3.8, 4) is 0 Å². The Morgan fingerprint density at radius 2 is 1.15 bits per heavy atom. The molecular formula is C32H66N2O4Si. The molecule has 7 heteroatoms. The maximum absolute atomic E-state index is 13.5. The van der Waals surface area contributed by atoms with E-state index in [1.165, 1.54) is 82.1 Å². The number of unbranched alkanes of at least 4 members (excludes halogenated alkanes) is 15. The first kappa shape index (κ1) is 37.9. The number of aliphatic hydroxyl groups is 1. The topological polar surface area (TPSA) is 78.9 Å². The molecular weight excluding hydrogens is 504 g/mol. The van der Waals surface area contributed by atoms with Gasteiger partial charge in [-0.05, 0) is 33.6 Å². The van der Waals surface area contributed by atoms with Crippen LogP contribution < -0.4 is 5.43 Å². The summed E-state index contributed by atoms with van der Waals surface area (Å²) < 4.78 is 5.50. The summed E-state index contributed by atoms with van der Waals surface area (Å²) >= 11 is 0. The lowest BCUT2D eigenvalue weighted by Gasteiger charge is -2.42. The third kappa shape index (κ3) is 20.4. The van der Waals surface area contributed by atoms with Crippen molar-refractivity contribution in [2.75, 3.05) is 0 Å². The van der Waals surface area contributed by atoms with Gasteiger partial charge in [0.05, 0.1) is 19.8 Å². The summed E-state index contributed by atoms with van der Waals surface area (Å²) in [6, 6.07) is 0. The van der Waals surface area contributed by atoms with Gasteiger partial charge in [0.15, 0.2) is 0 Å². The van der Waals surface area contributed by atoms with Crippen LogP contribution in [0.4, 0.5) is 4.79 Å². The number of amides is 2. The molecule has 0 aliphatic carbocycles. The van der Waals surface area contributed by atoms with Gasteiger partial charge in [0.2, 0.25) is 5.91 Å². The summed E-state index contributed by atoms with van der Waals surface area (Å²) in [5, 5.41) is 12.8. The predicted octanol–water partition coefficient (Wildman–Crippen LogP) is 9.31. The van der Waals surface area contributed by atoms with Gasteiger partial charge in [-0.1, -0.05) is 136 Å². The standard InChI is InChI=1S/C32H66N2O4Si/c1-9-11-13-15-17-18-19-21-22-24-26-28(35)30(39(6,7)8)34(33-31(37)38-32(3,4)5)29(36)27-25-23-20-16-14-12-10-2/h28,30,35H,9-27H2,1-8H3,(H,33,37)/t28-,30-/m0/s1. The van der Waals surface area contributed by atoms with E-state index in [4.69, 9.17) is 4.74 Å². The Labute approximate surface area is 243 Å². The lowest BCUT2D eigenvalue weighted by molar-refractivity contribution is -0.138. The van der Waals surface area contributed by atoms with Crippen LogP contribution in [0.25, 0.3) is 0 Å². The Kier molecular flexibility index (Phi) is 21.0. The largest absolute Gasteiger partial charge is 0.443 e. The van der Waals surface area contributed by atoms with Gasteiger partial charge in [0.1, 0.15) is 5.60 Å². The summed E-state index contributed by atoms with van der Waals surface area (Å²) in [6.45, 7) is 16.4. The quantitative estimate of drug-likeness (QED) is 0.0772. The van der Waals surface area contributed by atoms with Crippen LogP contribution >= 0.6 is 0 Å². The molecule has 2 atom stereocenters. The molecule has 0 unspecified atom stereocenters. The van der Waals surface area contributed by atoms with Gasteiger partial charge in [-0.15, -0.1) is 0 Å². The molecule has 0 aromatic heterocycles. The summed E-state index contributed by atoms with van der Waals surface area (Å²) in [7, 11) is -2.08. The molecule has 0 spiro atoms. The van der Waals surface area contributed by atoms with Crippen LogP contribution in [0.3, 0.4) is 0 Å². The second kappa shape index (κ2) is 21.6. The molecule has 2 amide bonds. The summed E-state index contributed by atoms with van der Waals surface area (Å²) in [5.74, 6) is -0.121. The third-order valence-corrected chi connectivity index (χ3v) is 9.67. The minimum atomic E-state index is -2.08. The SMILES string of the molecule is CCCCCCCCCCCC[C@H](O)[C@@H](N(NC(=O)OC(C)(C)C)C(=O)CCCCCCCCC)[Si](C)(C)C. The number of aliphatic hydroxyl groups excluding tert-OH is 1. The van der Waals surface area contributed by atoms with Crippen molar-refractivity contribution in [2.45, 2.75) is 194 Å². The zero-order chi connectivity index (χ0) is 29.7. The highest BCUT2D eigenvalue weighted by atomic mass is 28.3. The van der Waals surface area contributed by atoms with Gasteiger partial charge >= 0.3 is 6.09 Å². The first-order valence-electron chi connectivity index (χ1n) is 16.3. The number of hydrogen-bond donors (Lipinski definition) is 2. The zero-order valence-corrected chi connectivity index (χ0v) is 28.2. The lowest BCUT2D eigenvalue weighted by atomic mass is 10.0. The molecule has 0 aliphatic rings. The fourth-order valence-corrected chi connectivity index (χ4v) is 7.48. The maximum atomic E-state index is 13.5. The summed E-state index contributed by atoms with van der Waals surface area (Å²) in [5.41, 5.74) is 1.70. The van der Waals surface area contributed by atoms with E-state index < -0.39 is 31.5 Å². The molecule has 0 heterocycles. The number of nitrogens with zero attached hydrogens (tertiary/aromatic N) is 1. The van der Waals surface area contributed by atoms with Crippen LogP contribution in [0.2, 0.25) is 19.6 Å². The zero-order valence-electron chi connectivity index (χ0n) is 27.2. The molecule has 0 radical (unpaired) electrons. The van der Waals surface area contributed by atoms with Crippen molar-refractivity contribution in [3.05, 3.63) is 0 Å². The van der Waals surface area contributed by atoms with E-state index in [1.54, 1.807) is 0 Å². The second-order valence-corrected chi connectivity index (χ2v) is 18.9. The number of nitrogens with one attached hydrogen (secondary N) is 1. The van der Waals surface area contributed by atoms with Crippen LogP contribution in [0.5, 0.6) is 0 Å². The fraction of sp³-hybridized carbons (Fsp3) is 0.938. The maximum Gasteiger partial charge on any atom is 0.426 e. The Morgan fingerprint density at radius 3 is 1.56 bits per heavy atom. The Balaban J connectivity index is 5.08. The molecule has 0 saturated heterocycles. The molecule has 0 saturated carbocycles. The molecule has 0 rings (SSSR count). The Hall–Kier alpha value is -1.08. The average Bonchev–Trinajstić information content (AvgIpc) is 2.82. The third-order valence-electron chi connectivity index (χ3n) is 7.26. The van der Waals surface area contributed by atoms with Crippen molar-refractivity contribution >= 4 is 20.1 Å². The average molecular weight is 571 g/mol. The van der Waals surface area contributed by atoms with Crippen molar-refractivity contribution in [3.63, 3.8) is 0 Å². The van der Waals surface area contributed by atoms with E-state index in [2.05, 4.69) is 38.9 Å². The number of ether oxygens (including phenoxy) is 1. The predicted molar refractivity (Wildman–Crippen MR) is 168 cm³/mol. The molecule has 0 aromatic carbocycles. The Bertz CT molecular complexity index is 631. The van der Waals surface area contributed by atoms with Crippen molar-refractivity contribution in [1.29, 1.82) is 0 Å². The van der Waals surface area contributed by atoms with Crippen molar-refractivity contribution < 1.29 is 19.4 Å². The van der Waals surface area contributed by atoms with E-state index in [1.807, 2.05) is 20.8 Å². The van der Waals surface area contributed by atoms with E-state index in [0.717, 1.165) is 32.1 Å². The number of carbonyl (C=O) groups is 2. The molecule has 39 heavy (non-hydrogen) atoms. The fourth-order valence-electron chi connectivity index (χ4n) is 5.18. The van der Waals surface area contributed by atoms with Crippen molar-refractivity contribution in [1.82, 2.24) is 10.4 Å². The van der Waals surface area contributed by atoms with E-state index in [9.17, 15) is 14.7 Å². The number of hydrogen-bond acceptors (Lipinski definition) is 4. The summed E-state index contributed by atoms with van der Waals surface area (Å²) in [6.07, 6.45) is 20.0. The van der Waals surface area contributed by atoms with Crippen LogP contribution in [0, 0.1) is 0 Å². The molecule has 2 N–H and O–H groups in total. The normalized spacial score (nSPS) is 13.7. The number of hydrazine groups is 1. The van der Waals surface area contributed by atoms with Crippen LogP contribution in [-0.2, 0) is 9.53 Å². The minimum absolute atomic E-state index is 0.121. The van der Waals surface area contributed by atoms with Crippen molar-refractivity contribution in [2.24, 2.45) is 0 Å². The minimum Gasteiger partial charge on any atom is -0.443 e. The lowest BCUT2D eigenvalue weighted by Crippen LogP contribution is -2.65. The first-order chi connectivity index (χ1) is 18.3. The number of carbonyl (C=O) groups excluding carboxylic acids is 2. The highest BCUT2D eigenvalue weighted by Crippen LogP contribution is 2.23. The van der Waals surface area contributed by atoms with Crippen LogP contribution in [0.1, 0.15) is 157 Å². The smallest absolute Gasteiger partial charge is 0.426 e. The molecule has 0 bridgehead atoms. The second-order valence-electron chi connectivity index (χ2n) is 13.6. The van der Waals surface area contributed by atoms with Gasteiger partial charge in [-0.25, -0.2) is 15.2 Å². The molecule has 232 valence electrons. The van der Waals surface area contributed by atoms with Gasteiger partial charge in [0.25, 0.3) is 0 Å². The first-order valence-corrected chi connectivity index (χ1v) is 19.9. The van der Waals surface area contributed by atoms with E-state index in [0.29, 0.717) is 12.8 Å². The van der Waals surface area contributed by atoms with Crippen LogP contribution in [-0.4, -0.2) is 47.6 Å². The molecule has 0 aliphatic heterocycles. The summed E-state index contributed by atoms with van der Waals surface area (Å²) in [4.78, 5) is 26.2. The highest BCUT2D eigenvalue weighted by molar-refractivity contribution is 6.78. The van der Waals surface area contributed by atoms with Gasteiger partial charge < -0.3 is 9.84 Å². The molecule has 0 fully saturated rings. The Morgan fingerprint density at radius 1 is 0.744 bits per heavy atom. The molecule has 0 aromatic rings. The number of rotatable bonds is 22.